The van der Waals surface area contributed by atoms with Gasteiger partial charge in [-0.25, -0.2) is 4.39 Å². The van der Waals surface area contributed by atoms with Crippen LogP contribution in [0.15, 0.2) is 24.3 Å². The van der Waals surface area contributed by atoms with Gasteiger partial charge in [0.05, 0.1) is 0 Å². The third-order valence-electron chi connectivity index (χ3n) is 4.31. The first-order valence-corrected chi connectivity index (χ1v) is 7.69. The van der Waals surface area contributed by atoms with E-state index in [1.165, 1.54) is 44.6 Å². The zero-order chi connectivity index (χ0) is 13.7. The van der Waals surface area contributed by atoms with Crippen LogP contribution in [0.2, 0.25) is 0 Å². The van der Waals surface area contributed by atoms with Crippen LogP contribution in [0.1, 0.15) is 57.9 Å². The van der Waals surface area contributed by atoms with Crippen molar-refractivity contribution in [2.75, 3.05) is 0 Å². The van der Waals surface area contributed by atoms with E-state index in [9.17, 15) is 4.39 Å². The van der Waals surface area contributed by atoms with Crippen LogP contribution in [0.4, 0.5) is 4.39 Å². The van der Waals surface area contributed by atoms with Crippen molar-refractivity contribution in [3.63, 3.8) is 0 Å². The van der Waals surface area contributed by atoms with Crippen LogP contribution in [-0.2, 0) is 6.42 Å². The predicted octanol–water partition coefficient (Wildman–Crippen LogP) is 4.46. The van der Waals surface area contributed by atoms with Crippen molar-refractivity contribution in [2.24, 2.45) is 0 Å². The molecule has 1 N–H and O–H groups in total. The van der Waals surface area contributed by atoms with Gasteiger partial charge in [0.2, 0.25) is 0 Å². The van der Waals surface area contributed by atoms with Crippen LogP contribution >= 0.6 is 0 Å². The first-order valence-electron chi connectivity index (χ1n) is 7.69. The molecule has 19 heavy (non-hydrogen) atoms. The SMILES string of the molecule is CCCC1(CCC)CC[C@H](Cc2cccc(F)c2)N1. The highest BCUT2D eigenvalue weighted by Crippen LogP contribution is 2.33. The molecule has 0 aromatic heterocycles. The zero-order valence-electron chi connectivity index (χ0n) is 12.2. The Balaban J connectivity index is 1.97. The summed E-state index contributed by atoms with van der Waals surface area (Å²) in [6.45, 7) is 4.53. The summed E-state index contributed by atoms with van der Waals surface area (Å²) in [7, 11) is 0. The van der Waals surface area contributed by atoms with E-state index >= 15 is 0 Å². The number of hydrogen-bond donors (Lipinski definition) is 1. The minimum Gasteiger partial charge on any atom is -0.308 e. The molecule has 106 valence electrons. The van der Waals surface area contributed by atoms with Gasteiger partial charge >= 0.3 is 0 Å². The third kappa shape index (κ3) is 3.79. The van der Waals surface area contributed by atoms with Gasteiger partial charge in [-0.15, -0.1) is 0 Å². The maximum absolute atomic E-state index is 13.2. The quantitative estimate of drug-likeness (QED) is 0.799. The monoisotopic (exact) mass is 263 g/mol. The second kappa shape index (κ2) is 6.51. The minimum absolute atomic E-state index is 0.121. The summed E-state index contributed by atoms with van der Waals surface area (Å²) in [5.74, 6) is -0.121. The molecule has 1 aliphatic heterocycles. The van der Waals surface area contributed by atoms with Gasteiger partial charge in [-0.05, 0) is 49.8 Å². The predicted molar refractivity (Wildman–Crippen MR) is 78.8 cm³/mol. The third-order valence-corrected chi connectivity index (χ3v) is 4.31. The smallest absolute Gasteiger partial charge is 0.123 e. The van der Waals surface area contributed by atoms with Crippen LogP contribution in [0.25, 0.3) is 0 Å². The second-order valence-corrected chi connectivity index (χ2v) is 5.99. The molecule has 0 spiro atoms. The lowest BCUT2D eigenvalue weighted by Crippen LogP contribution is -2.43. The largest absolute Gasteiger partial charge is 0.308 e. The summed E-state index contributed by atoms with van der Waals surface area (Å²) in [6, 6.07) is 7.54. The summed E-state index contributed by atoms with van der Waals surface area (Å²) < 4.78 is 13.2. The van der Waals surface area contributed by atoms with E-state index in [0.717, 1.165) is 12.0 Å². The van der Waals surface area contributed by atoms with Crippen LogP contribution < -0.4 is 5.32 Å². The van der Waals surface area contributed by atoms with Crippen molar-refractivity contribution in [1.82, 2.24) is 5.32 Å². The minimum atomic E-state index is -0.121. The number of benzene rings is 1. The first kappa shape index (κ1) is 14.5. The van der Waals surface area contributed by atoms with Crippen LogP contribution in [0.3, 0.4) is 0 Å². The highest BCUT2D eigenvalue weighted by molar-refractivity contribution is 5.18. The molecule has 1 atom stereocenters. The Morgan fingerprint density at radius 2 is 2.00 bits per heavy atom. The van der Waals surface area contributed by atoms with Gasteiger partial charge in [0.25, 0.3) is 0 Å². The second-order valence-electron chi connectivity index (χ2n) is 5.99. The first-order chi connectivity index (χ1) is 9.17. The molecule has 1 nitrogen and oxygen atoms in total. The Morgan fingerprint density at radius 3 is 2.63 bits per heavy atom. The van der Waals surface area contributed by atoms with Gasteiger partial charge in [0.1, 0.15) is 5.82 Å². The zero-order valence-corrected chi connectivity index (χ0v) is 12.2. The van der Waals surface area contributed by atoms with E-state index in [1.807, 2.05) is 12.1 Å². The molecule has 2 rings (SSSR count). The summed E-state index contributed by atoms with van der Waals surface area (Å²) in [5.41, 5.74) is 1.46. The van der Waals surface area contributed by atoms with Gasteiger partial charge in [0, 0.05) is 11.6 Å². The lowest BCUT2D eigenvalue weighted by atomic mass is 9.87. The molecule has 1 saturated heterocycles. The molecule has 1 aromatic carbocycles. The molecule has 1 heterocycles. The molecule has 0 radical (unpaired) electrons. The Bertz CT molecular complexity index is 396. The van der Waals surface area contributed by atoms with Crippen LogP contribution in [0.5, 0.6) is 0 Å². The van der Waals surface area contributed by atoms with E-state index in [-0.39, 0.29) is 5.82 Å². The average Bonchev–Trinajstić information content (AvgIpc) is 2.73. The van der Waals surface area contributed by atoms with E-state index in [1.54, 1.807) is 6.07 Å². The fourth-order valence-corrected chi connectivity index (χ4v) is 3.61. The number of hydrogen-bond acceptors (Lipinski definition) is 1. The molecule has 0 bridgehead atoms. The van der Waals surface area contributed by atoms with E-state index in [4.69, 9.17) is 0 Å². The van der Waals surface area contributed by atoms with Crippen molar-refractivity contribution in [3.8, 4) is 0 Å². The summed E-state index contributed by atoms with van der Waals surface area (Å²) >= 11 is 0. The molecule has 0 unspecified atom stereocenters. The summed E-state index contributed by atoms with van der Waals surface area (Å²) in [6.07, 6.45) is 8.44. The van der Waals surface area contributed by atoms with E-state index < -0.39 is 0 Å². The molecule has 2 heteroatoms. The summed E-state index contributed by atoms with van der Waals surface area (Å²) in [4.78, 5) is 0. The fraction of sp³-hybridized carbons (Fsp3) is 0.647. The highest BCUT2D eigenvalue weighted by Gasteiger charge is 2.36. The lowest BCUT2D eigenvalue weighted by molar-refractivity contribution is 0.302. The Labute approximate surface area is 116 Å². The fourth-order valence-electron chi connectivity index (χ4n) is 3.61. The van der Waals surface area contributed by atoms with Crippen LogP contribution in [0, 0.1) is 5.82 Å². The van der Waals surface area contributed by atoms with Crippen LogP contribution in [-0.4, -0.2) is 11.6 Å². The standard InChI is InChI=1S/C17H26FN/c1-3-9-17(10-4-2)11-8-16(19-17)13-14-6-5-7-15(18)12-14/h5-7,12,16,19H,3-4,8-11,13H2,1-2H3/t16-/m1/s1. The van der Waals surface area contributed by atoms with Gasteiger partial charge in [-0.2, -0.15) is 0 Å². The van der Waals surface area contributed by atoms with Crippen molar-refractivity contribution in [3.05, 3.63) is 35.6 Å². The van der Waals surface area contributed by atoms with Crippen molar-refractivity contribution in [2.45, 2.75) is 70.4 Å². The van der Waals surface area contributed by atoms with Gasteiger partial charge < -0.3 is 5.32 Å². The molecular weight excluding hydrogens is 237 g/mol. The molecule has 1 aromatic rings. The van der Waals surface area contributed by atoms with Gasteiger partial charge in [0.15, 0.2) is 0 Å². The molecule has 0 saturated carbocycles. The van der Waals surface area contributed by atoms with Gasteiger partial charge in [-0.1, -0.05) is 38.8 Å². The molecule has 0 amide bonds. The molecule has 1 fully saturated rings. The topological polar surface area (TPSA) is 12.0 Å². The number of halogens is 1. The highest BCUT2D eigenvalue weighted by atomic mass is 19.1. The normalized spacial score (nSPS) is 21.7. The number of nitrogens with one attached hydrogen (secondary N) is 1. The molecule has 1 aliphatic rings. The average molecular weight is 263 g/mol. The molecular formula is C17H26FN. The van der Waals surface area contributed by atoms with E-state index in [2.05, 4.69) is 19.2 Å². The van der Waals surface area contributed by atoms with Crippen molar-refractivity contribution >= 4 is 0 Å². The Kier molecular flexibility index (Phi) is 4.98. The van der Waals surface area contributed by atoms with E-state index in [0.29, 0.717) is 11.6 Å². The number of rotatable bonds is 6. The maximum atomic E-state index is 13.2. The maximum Gasteiger partial charge on any atom is 0.123 e. The Morgan fingerprint density at radius 1 is 1.26 bits per heavy atom. The summed E-state index contributed by atoms with van der Waals surface area (Å²) in [5, 5.41) is 3.85. The van der Waals surface area contributed by atoms with Crippen molar-refractivity contribution < 1.29 is 4.39 Å². The van der Waals surface area contributed by atoms with Crippen molar-refractivity contribution in [1.29, 1.82) is 0 Å². The molecule has 0 aliphatic carbocycles. The van der Waals surface area contributed by atoms with Gasteiger partial charge in [-0.3, -0.25) is 0 Å². The Hall–Kier alpha value is -0.890. The lowest BCUT2D eigenvalue weighted by Gasteiger charge is -2.30.